The summed E-state index contributed by atoms with van der Waals surface area (Å²) in [5.41, 5.74) is 1.13. The maximum atomic E-state index is 12.3. The Morgan fingerprint density at radius 2 is 1.89 bits per heavy atom. The van der Waals surface area contributed by atoms with Crippen LogP contribution in [0.1, 0.15) is 12.0 Å². The lowest BCUT2D eigenvalue weighted by Gasteiger charge is -2.32. The molecule has 1 aliphatic rings. The maximum absolute atomic E-state index is 12.3. The van der Waals surface area contributed by atoms with Crippen molar-refractivity contribution >= 4 is 40.0 Å². The fraction of sp³-hybridized carbons (Fsp3) is 0.444. The summed E-state index contributed by atoms with van der Waals surface area (Å²) < 4.78 is 0.691. The fourth-order valence-corrected chi connectivity index (χ4v) is 4.34. The van der Waals surface area contributed by atoms with Gasteiger partial charge in [0.05, 0.1) is 5.75 Å². The predicted molar refractivity (Wildman–Crippen MR) is 108 cm³/mol. The lowest BCUT2D eigenvalue weighted by Crippen LogP contribution is -2.47. The van der Waals surface area contributed by atoms with E-state index in [1.807, 2.05) is 35.2 Å². The largest absolute Gasteiger partial charge is 0.339 e. The first kappa shape index (κ1) is 19.8. The number of carbonyl (C=O) groups is 2. The van der Waals surface area contributed by atoms with Crippen LogP contribution in [0.3, 0.4) is 0 Å². The number of hydrogen-bond donors (Lipinski definition) is 1. The molecule has 7 nitrogen and oxygen atoms in total. The number of anilines is 1. The fourth-order valence-electron chi connectivity index (χ4n) is 2.67. The van der Waals surface area contributed by atoms with Crippen LogP contribution in [0.2, 0.25) is 0 Å². The van der Waals surface area contributed by atoms with Gasteiger partial charge in [-0.15, -0.1) is 10.2 Å². The number of rotatable bonds is 7. The van der Waals surface area contributed by atoms with Crippen LogP contribution in [0.4, 0.5) is 5.13 Å². The van der Waals surface area contributed by atoms with Gasteiger partial charge in [-0.3, -0.25) is 9.59 Å². The van der Waals surface area contributed by atoms with Crippen molar-refractivity contribution < 1.29 is 9.59 Å². The molecule has 0 atom stereocenters. The number of nitrogens with zero attached hydrogens (tertiary/aromatic N) is 4. The second-order valence-electron chi connectivity index (χ2n) is 6.38. The quantitative estimate of drug-likeness (QED) is 0.561. The van der Waals surface area contributed by atoms with Gasteiger partial charge < -0.3 is 15.1 Å². The number of nitrogens with one attached hydrogen (secondary N) is 1. The molecule has 1 fully saturated rings. The predicted octanol–water partition coefficient (Wildman–Crippen LogP) is 1.98. The Kier molecular flexibility index (Phi) is 7.19. The molecular formula is C18H23N5O2S2. The van der Waals surface area contributed by atoms with Crippen molar-refractivity contribution in [1.29, 1.82) is 0 Å². The minimum atomic E-state index is -0.0833. The van der Waals surface area contributed by atoms with E-state index >= 15 is 0 Å². The number of aromatic nitrogens is 2. The monoisotopic (exact) mass is 405 g/mol. The molecule has 27 heavy (non-hydrogen) atoms. The molecule has 1 saturated heterocycles. The van der Waals surface area contributed by atoms with Crippen molar-refractivity contribution in [3.63, 3.8) is 0 Å². The van der Waals surface area contributed by atoms with Crippen LogP contribution in [0.25, 0.3) is 0 Å². The highest BCUT2D eigenvalue weighted by Gasteiger charge is 2.19. The average Bonchev–Trinajstić information content (AvgIpc) is 3.13. The summed E-state index contributed by atoms with van der Waals surface area (Å²) in [4.78, 5) is 28.4. The molecule has 0 saturated carbocycles. The van der Waals surface area contributed by atoms with Crippen LogP contribution in [-0.4, -0.2) is 70.8 Å². The zero-order valence-corrected chi connectivity index (χ0v) is 16.9. The van der Waals surface area contributed by atoms with Crippen molar-refractivity contribution in [1.82, 2.24) is 20.0 Å². The lowest BCUT2D eigenvalue weighted by molar-refractivity contribution is -0.129. The first-order valence-corrected chi connectivity index (χ1v) is 10.7. The molecule has 1 aliphatic heterocycles. The van der Waals surface area contributed by atoms with Crippen molar-refractivity contribution in [3.8, 4) is 0 Å². The topological polar surface area (TPSA) is 78.4 Å². The highest BCUT2D eigenvalue weighted by atomic mass is 32.2. The van der Waals surface area contributed by atoms with Gasteiger partial charge in [0.2, 0.25) is 16.9 Å². The first-order valence-electron chi connectivity index (χ1n) is 8.86. The van der Waals surface area contributed by atoms with Gasteiger partial charge in [0.25, 0.3) is 0 Å². The van der Waals surface area contributed by atoms with Crippen LogP contribution in [0.15, 0.2) is 34.7 Å². The van der Waals surface area contributed by atoms with E-state index < -0.39 is 0 Å². The van der Waals surface area contributed by atoms with E-state index in [4.69, 9.17) is 0 Å². The van der Waals surface area contributed by atoms with Gasteiger partial charge in [0.15, 0.2) is 4.34 Å². The summed E-state index contributed by atoms with van der Waals surface area (Å²) in [6.45, 7) is 3.37. The zero-order valence-electron chi connectivity index (χ0n) is 15.3. The van der Waals surface area contributed by atoms with E-state index in [-0.39, 0.29) is 11.8 Å². The van der Waals surface area contributed by atoms with Gasteiger partial charge in [-0.05, 0) is 19.0 Å². The third-order valence-corrected chi connectivity index (χ3v) is 6.27. The van der Waals surface area contributed by atoms with Crippen LogP contribution >= 0.6 is 23.1 Å². The number of amides is 2. The molecule has 0 unspecified atom stereocenters. The Labute approximate surface area is 167 Å². The highest BCUT2D eigenvalue weighted by Crippen LogP contribution is 2.26. The lowest BCUT2D eigenvalue weighted by atomic mass is 10.1. The molecule has 9 heteroatoms. The van der Waals surface area contributed by atoms with Gasteiger partial charge in [0, 0.05) is 32.6 Å². The summed E-state index contributed by atoms with van der Waals surface area (Å²) in [7, 11) is 2.06. The number of benzene rings is 1. The van der Waals surface area contributed by atoms with Crippen molar-refractivity contribution in [2.24, 2.45) is 0 Å². The van der Waals surface area contributed by atoms with Gasteiger partial charge >= 0.3 is 0 Å². The van der Waals surface area contributed by atoms with E-state index in [0.717, 1.165) is 31.7 Å². The number of hydrogen-bond acceptors (Lipinski definition) is 7. The van der Waals surface area contributed by atoms with E-state index in [0.29, 0.717) is 28.1 Å². The second-order valence-corrected chi connectivity index (χ2v) is 8.58. The molecule has 3 rings (SSSR count). The molecule has 144 valence electrons. The van der Waals surface area contributed by atoms with Crippen LogP contribution < -0.4 is 5.32 Å². The molecule has 1 N–H and O–H groups in total. The third kappa shape index (κ3) is 6.30. The SMILES string of the molecule is CN1CCN(C(=O)CSc2nnc(NC(=O)CCc3ccccc3)s2)CC1. The van der Waals surface area contributed by atoms with Gasteiger partial charge in [-0.25, -0.2) is 0 Å². The van der Waals surface area contributed by atoms with E-state index in [2.05, 4.69) is 27.5 Å². The molecule has 0 bridgehead atoms. The summed E-state index contributed by atoms with van der Waals surface area (Å²) in [5, 5.41) is 11.3. The van der Waals surface area contributed by atoms with Gasteiger partial charge in [-0.1, -0.05) is 53.4 Å². The summed E-state index contributed by atoms with van der Waals surface area (Å²) in [5.74, 6) is 0.386. The maximum Gasteiger partial charge on any atom is 0.233 e. The van der Waals surface area contributed by atoms with Gasteiger partial charge in [0.1, 0.15) is 0 Å². The van der Waals surface area contributed by atoms with Crippen molar-refractivity contribution in [3.05, 3.63) is 35.9 Å². The molecule has 2 aromatic rings. The Morgan fingerprint density at radius 3 is 2.63 bits per heavy atom. The summed E-state index contributed by atoms with van der Waals surface area (Å²) >= 11 is 2.67. The smallest absolute Gasteiger partial charge is 0.233 e. The van der Waals surface area contributed by atoms with Crippen LogP contribution in [0.5, 0.6) is 0 Å². The Bertz CT molecular complexity index is 760. The third-order valence-electron chi connectivity index (χ3n) is 4.31. The number of piperazine rings is 1. The van der Waals surface area contributed by atoms with Crippen molar-refractivity contribution in [2.45, 2.75) is 17.2 Å². The number of carbonyl (C=O) groups excluding carboxylic acids is 2. The normalized spacial score (nSPS) is 14.9. The Balaban J connectivity index is 1.40. The molecule has 2 heterocycles. The molecule has 0 spiro atoms. The average molecular weight is 406 g/mol. The summed E-state index contributed by atoms with van der Waals surface area (Å²) in [6, 6.07) is 9.89. The van der Waals surface area contributed by atoms with E-state index in [9.17, 15) is 9.59 Å². The standard InChI is InChI=1S/C18H23N5O2S2/c1-22-9-11-23(12-10-22)16(25)13-26-18-21-20-17(27-18)19-15(24)8-7-14-5-3-2-4-6-14/h2-6H,7-13H2,1H3,(H,19,20,24). The molecular weight excluding hydrogens is 382 g/mol. The zero-order chi connectivity index (χ0) is 19.1. The molecule has 1 aromatic heterocycles. The van der Waals surface area contributed by atoms with Crippen molar-refractivity contribution in [2.75, 3.05) is 44.3 Å². The molecule has 2 amide bonds. The Morgan fingerprint density at radius 1 is 1.15 bits per heavy atom. The molecule has 1 aromatic carbocycles. The molecule has 0 radical (unpaired) electrons. The Hall–Kier alpha value is -1.97. The number of likely N-dealkylation sites (N-methyl/N-ethyl adjacent to an activating group) is 1. The van der Waals surface area contributed by atoms with Crippen LogP contribution in [-0.2, 0) is 16.0 Å². The molecule has 0 aliphatic carbocycles. The number of aryl methyl sites for hydroxylation is 1. The van der Waals surface area contributed by atoms with Gasteiger partial charge in [-0.2, -0.15) is 0 Å². The minimum absolute atomic E-state index is 0.0833. The first-order chi connectivity index (χ1) is 13.1. The minimum Gasteiger partial charge on any atom is -0.339 e. The highest BCUT2D eigenvalue weighted by molar-refractivity contribution is 8.01. The van der Waals surface area contributed by atoms with E-state index in [1.54, 1.807) is 0 Å². The van der Waals surface area contributed by atoms with Crippen LogP contribution in [0, 0.1) is 0 Å². The number of thioether (sulfide) groups is 1. The second kappa shape index (κ2) is 9.82. The van der Waals surface area contributed by atoms with E-state index in [1.165, 1.54) is 23.1 Å². The summed E-state index contributed by atoms with van der Waals surface area (Å²) in [6.07, 6.45) is 1.08.